The highest BCUT2D eigenvalue weighted by molar-refractivity contribution is 9.10. The molecule has 0 spiro atoms. The number of hydrogen-bond acceptors (Lipinski definition) is 5. The van der Waals surface area contributed by atoms with Crippen LogP contribution in [0.2, 0.25) is 0 Å². The first kappa shape index (κ1) is 32.9. The van der Waals surface area contributed by atoms with E-state index < -0.39 is 23.0 Å². The molecule has 0 radical (unpaired) electrons. The molecule has 0 aliphatic carbocycles. The number of rotatable bonds is 11. The van der Waals surface area contributed by atoms with Gasteiger partial charge >= 0.3 is 0 Å². The minimum Gasteiger partial charge on any atom is -0.366 e. The molecule has 47 heavy (non-hydrogen) atoms. The Balaban J connectivity index is 1.33. The number of hydrogen-bond donors (Lipinski definition) is 4. The van der Waals surface area contributed by atoms with Crippen LogP contribution in [0.4, 0.5) is 11.4 Å². The number of para-hydroxylation sites is 1. The summed E-state index contributed by atoms with van der Waals surface area (Å²) in [6.07, 6.45) is 1.60. The highest BCUT2D eigenvalue weighted by Crippen LogP contribution is 2.37. The number of primary amides is 1. The van der Waals surface area contributed by atoms with E-state index in [-0.39, 0.29) is 17.2 Å². The van der Waals surface area contributed by atoms with Crippen LogP contribution in [-0.2, 0) is 9.59 Å². The minimum absolute atomic E-state index is 0.0664. The van der Waals surface area contributed by atoms with Crippen LogP contribution in [0.15, 0.2) is 149 Å². The number of anilines is 2. The third-order valence-corrected chi connectivity index (χ3v) is 8.66. The Morgan fingerprint density at radius 1 is 0.702 bits per heavy atom. The molecule has 1 atom stereocenters. The normalized spacial score (nSPS) is 11.6. The summed E-state index contributed by atoms with van der Waals surface area (Å²) < 4.78 is 0.884. The summed E-state index contributed by atoms with van der Waals surface area (Å²) >= 11 is 4.72. The quantitative estimate of drug-likeness (QED) is 0.0839. The van der Waals surface area contributed by atoms with E-state index in [2.05, 4.69) is 31.9 Å². The van der Waals surface area contributed by atoms with Crippen molar-refractivity contribution in [2.75, 3.05) is 10.6 Å². The van der Waals surface area contributed by atoms with Crippen LogP contribution in [0.1, 0.15) is 37.1 Å². The van der Waals surface area contributed by atoms with Gasteiger partial charge < -0.3 is 21.7 Å². The van der Waals surface area contributed by atoms with Gasteiger partial charge in [0, 0.05) is 20.6 Å². The third kappa shape index (κ3) is 9.06. The lowest BCUT2D eigenvalue weighted by Crippen LogP contribution is -2.30. The predicted molar refractivity (Wildman–Crippen MR) is 190 cm³/mol. The lowest BCUT2D eigenvalue weighted by molar-refractivity contribution is -0.116. The second-order valence-electron chi connectivity index (χ2n) is 10.2. The van der Waals surface area contributed by atoms with Crippen molar-refractivity contribution in [1.29, 1.82) is 0 Å². The molecule has 0 fully saturated rings. The van der Waals surface area contributed by atoms with Crippen LogP contribution in [0.25, 0.3) is 6.08 Å². The van der Waals surface area contributed by atoms with Crippen molar-refractivity contribution in [2.45, 2.75) is 10.1 Å². The third-order valence-electron chi connectivity index (χ3n) is 6.87. The van der Waals surface area contributed by atoms with Crippen LogP contribution in [0, 0.1) is 0 Å². The molecule has 4 amide bonds. The van der Waals surface area contributed by atoms with E-state index in [1.807, 2.05) is 60.7 Å². The molecule has 5 rings (SSSR count). The molecule has 0 aromatic heterocycles. The van der Waals surface area contributed by atoms with Crippen molar-refractivity contribution in [2.24, 2.45) is 5.73 Å². The average Bonchev–Trinajstić information content (AvgIpc) is 3.09. The molecule has 0 saturated heterocycles. The summed E-state index contributed by atoms with van der Waals surface area (Å²) in [4.78, 5) is 52.6. The van der Waals surface area contributed by atoms with Gasteiger partial charge in [0.2, 0.25) is 5.91 Å². The zero-order valence-electron chi connectivity index (χ0n) is 24.9. The van der Waals surface area contributed by atoms with E-state index in [9.17, 15) is 19.2 Å². The molecule has 10 heteroatoms. The van der Waals surface area contributed by atoms with Gasteiger partial charge in [-0.25, -0.2) is 0 Å². The lowest BCUT2D eigenvalue weighted by atomic mass is 10.1. The molecule has 0 heterocycles. The number of amides is 4. The van der Waals surface area contributed by atoms with Gasteiger partial charge in [0.15, 0.2) is 0 Å². The molecule has 0 saturated carbocycles. The van der Waals surface area contributed by atoms with Crippen molar-refractivity contribution in [3.8, 4) is 0 Å². The van der Waals surface area contributed by atoms with E-state index in [1.54, 1.807) is 78.9 Å². The van der Waals surface area contributed by atoms with Gasteiger partial charge in [-0.1, -0.05) is 88.7 Å². The van der Waals surface area contributed by atoms with Gasteiger partial charge in [0.05, 0.1) is 11.3 Å². The van der Waals surface area contributed by atoms with Gasteiger partial charge in [-0.2, -0.15) is 0 Å². The Hall–Kier alpha value is -5.45. The molecule has 0 bridgehead atoms. The Morgan fingerprint density at radius 3 is 1.98 bits per heavy atom. The number of benzene rings is 5. The molecule has 5 aromatic rings. The number of carbonyl (C=O) groups excluding carboxylic acids is 4. The topological polar surface area (TPSA) is 130 Å². The average molecular weight is 706 g/mol. The molecule has 234 valence electrons. The number of carbonyl (C=O) groups is 4. The van der Waals surface area contributed by atoms with Crippen molar-refractivity contribution < 1.29 is 19.2 Å². The largest absolute Gasteiger partial charge is 0.366 e. The Morgan fingerprint density at radius 2 is 1.32 bits per heavy atom. The van der Waals surface area contributed by atoms with Crippen LogP contribution in [0.5, 0.6) is 0 Å². The Bertz CT molecular complexity index is 1920. The summed E-state index contributed by atoms with van der Waals surface area (Å²) in [5.74, 6) is -1.90. The van der Waals surface area contributed by atoms with Crippen LogP contribution in [0.3, 0.4) is 0 Å². The summed E-state index contributed by atoms with van der Waals surface area (Å²) in [7, 11) is 0. The number of nitrogens with two attached hydrogens (primary N) is 1. The standard InChI is InChI=1S/C37H29BrN4O4S/c38-27-17-15-24(16-18-27)23-32(42-35(44)26-11-5-2-6-12-26)36(45)40-28-19-21-29(22-20-28)47-33(25-9-3-1-4-10-25)37(46)41-31-14-8-7-13-30(31)34(39)43/h1-23,33H,(H2,39,43)(H,40,45)(H,41,46)(H,42,44)/b32-23-. The van der Waals surface area contributed by atoms with E-state index in [0.717, 1.165) is 20.5 Å². The molecular formula is C37H29BrN4O4S. The van der Waals surface area contributed by atoms with Gasteiger partial charge in [-0.15, -0.1) is 11.8 Å². The van der Waals surface area contributed by atoms with Crippen LogP contribution < -0.4 is 21.7 Å². The zero-order valence-corrected chi connectivity index (χ0v) is 27.3. The van der Waals surface area contributed by atoms with Crippen LogP contribution >= 0.6 is 27.7 Å². The Labute approximate surface area is 284 Å². The first-order chi connectivity index (χ1) is 22.8. The second kappa shape index (κ2) is 15.7. The second-order valence-corrected chi connectivity index (χ2v) is 12.3. The smallest absolute Gasteiger partial charge is 0.272 e. The first-order valence-corrected chi connectivity index (χ1v) is 16.1. The number of thioether (sulfide) groups is 1. The highest BCUT2D eigenvalue weighted by Gasteiger charge is 2.24. The van der Waals surface area contributed by atoms with Crippen molar-refractivity contribution in [1.82, 2.24) is 5.32 Å². The van der Waals surface area contributed by atoms with Gasteiger partial charge in [-0.3, -0.25) is 19.2 Å². The monoisotopic (exact) mass is 704 g/mol. The summed E-state index contributed by atoms with van der Waals surface area (Å²) in [6.45, 7) is 0. The SMILES string of the molecule is NC(=O)c1ccccc1NC(=O)C(Sc1ccc(NC(=O)/C(=C/c2ccc(Br)cc2)NC(=O)c2ccccc2)cc1)c1ccccc1. The van der Waals surface area contributed by atoms with Crippen molar-refractivity contribution >= 4 is 68.8 Å². The van der Waals surface area contributed by atoms with Gasteiger partial charge in [-0.05, 0) is 77.9 Å². The summed E-state index contributed by atoms with van der Waals surface area (Å²) in [5.41, 5.74) is 8.52. The van der Waals surface area contributed by atoms with Gasteiger partial charge in [0.25, 0.3) is 17.7 Å². The van der Waals surface area contributed by atoms with Crippen molar-refractivity contribution in [3.63, 3.8) is 0 Å². The molecule has 8 nitrogen and oxygen atoms in total. The number of nitrogens with one attached hydrogen (secondary N) is 3. The fraction of sp³-hybridized carbons (Fsp3) is 0.0270. The molecular weight excluding hydrogens is 676 g/mol. The van der Waals surface area contributed by atoms with E-state index >= 15 is 0 Å². The molecule has 0 aliphatic heterocycles. The van der Waals surface area contributed by atoms with E-state index in [1.165, 1.54) is 11.8 Å². The maximum absolute atomic E-state index is 13.6. The summed E-state index contributed by atoms with van der Waals surface area (Å²) in [5, 5.41) is 7.78. The predicted octanol–water partition coefficient (Wildman–Crippen LogP) is 7.43. The Kier molecular flexibility index (Phi) is 11.0. The number of halogens is 1. The van der Waals surface area contributed by atoms with Crippen molar-refractivity contribution in [3.05, 3.63) is 166 Å². The lowest BCUT2D eigenvalue weighted by Gasteiger charge is -2.18. The maximum Gasteiger partial charge on any atom is 0.272 e. The molecule has 0 aliphatic rings. The highest BCUT2D eigenvalue weighted by atomic mass is 79.9. The van der Waals surface area contributed by atoms with Gasteiger partial charge in [0.1, 0.15) is 10.9 Å². The first-order valence-electron chi connectivity index (χ1n) is 14.4. The fourth-order valence-corrected chi connectivity index (χ4v) is 5.81. The van der Waals surface area contributed by atoms with E-state index in [0.29, 0.717) is 16.9 Å². The fourth-order valence-electron chi connectivity index (χ4n) is 4.53. The van der Waals surface area contributed by atoms with E-state index in [4.69, 9.17) is 5.73 Å². The maximum atomic E-state index is 13.6. The van der Waals surface area contributed by atoms with Crippen LogP contribution in [-0.4, -0.2) is 23.6 Å². The summed E-state index contributed by atoms with van der Waals surface area (Å²) in [6, 6.07) is 38.9. The molecule has 1 unspecified atom stereocenters. The zero-order chi connectivity index (χ0) is 33.2. The molecule has 5 N–H and O–H groups in total. The minimum atomic E-state index is -0.661. The molecule has 5 aromatic carbocycles.